The zero-order chi connectivity index (χ0) is 21.5. The Labute approximate surface area is 189 Å². The van der Waals surface area contributed by atoms with Crippen LogP contribution < -0.4 is 0 Å². The molecule has 32 heavy (non-hydrogen) atoms. The molecule has 0 bridgehead atoms. The maximum Gasteiger partial charge on any atom is 0.226 e. The number of fused-ring (bicyclic) bond motifs is 3. The molecule has 0 N–H and O–H groups in total. The van der Waals surface area contributed by atoms with Crippen molar-refractivity contribution in [3.63, 3.8) is 0 Å². The molecular weight excluding hydrogens is 416 g/mol. The molecule has 0 aliphatic carbocycles. The summed E-state index contributed by atoms with van der Waals surface area (Å²) in [6.07, 6.45) is 0. The molecule has 5 heteroatoms. The van der Waals surface area contributed by atoms with Gasteiger partial charge < -0.3 is 4.57 Å². The lowest BCUT2D eigenvalue weighted by atomic mass is 10.1. The third-order valence-electron chi connectivity index (χ3n) is 5.59. The van der Waals surface area contributed by atoms with Crippen LogP contribution in [0.25, 0.3) is 50.3 Å². The summed E-state index contributed by atoms with van der Waals surface area (Å²) in [7, 11) is 0. The number of aromatic nitrogens is 4. The second kappa shape index (κ2) is 7.59. The quantitative estimate of drug-likeness (QED) is 0.303. The van der Waals surface area contributed by atoms with E-state index in [-0.39, 0.29) is 5.28 Å². The van der Waals surface area contributed by atoms with Crippen molar-refractivity contribution in [2.75, 3.05) is 0 Å². The van der Waals surface area contributed by atoms with Gasteiger partial charge in [-0.05, 0) is 35.9 Å². The molecule has 6 aromatic rings. The Bertz CT molecular complexity index is 1570. The summed E-state index contributed by atoms with van der Waals surface area (Å²) in [4.78, 5) is 13.7. The van der Waals surface area contributed by atoms with Crippen LogP contribution in [0.5, 0.6) is 0 Å². The highest BCUT2D eigenvalue weighted by molar-refractivity contribution is 6.28. The Morgan fingerprint density at radius 2 is 1.22 bits per heavy atom. The molecule has 0 aliphatic rings. The first kappa shape index (κ1) is 18.7. The van der Waals surface area contributed by atoms with Crippen molar-refractivity contribution in [1.82, 2.24) is 19.5 Å². The highest BCUT2D eigenvalue weighted by atomic mass is 35.5. The zero-order valence-corrected chi connectivity index (χ0v) is 17.7. The molecular formula is C27H17ClN4. The molecule has 0 atom stereocenters. The van der Waals surface area contributed by atoms with E-state index in [4.69, 9.17) is 16.6 Å². The van der Waals surface area contributed by atoms with Crippen molar-refractivity contribution in [3.8, 4) is 28.5 Å². The highest BCUT2D eigenvalue weighted by Gasteiger charge is 2.18. The van der Waals surface area contributed by atoms with E-state index < -0.39 is 0 Å². The van der Waals surface area contributed by atoms with Gasteiger partial charge in [-0.25, -0.2) is 4.98 Å². The van der Waals surface area contributed by atoms with Crippen LogP contribution in [0, 0.1) is 0 Å². The lowest BCUT2D eigenvalue weighted by molar-refractivity contribution is 1.06. The van der Waals surface area contributed by atoms with Crippen LogP contribution in [0.3, 0.4) is 0 Å². The fourth-order valence-corrected chi connectivity index (χ4v) is 4.39. The van der Waals surface area contributed by atoms with Gasteiger partial charge in [-0.2, -0.15) is 9.97 Å². The third-order valence-corrected chi connectivity index (χ3v) is 5.76. The predicted molar refractivity (Wildman–Crippen MR) is 130 cm³/mol. The van der Waals surface area contributed by atoms with Gasteiger partial charge in [-0.15, -0.1) is 0 Å². The van der Waals surface area contributed by atoms with E-state index in [2.05, 4.69) is 57.0 Å². The summed E-state index contributed by atoms with van der Waals surface area (Å²) < 4.78 is 2.26. The van der Waals surface area contributed by atoms with Gasteiger partial charge in [0.25, 0.3) is 0 Å². The Morgan fingerprint density at radius 1 is 0.562 bits per heavy atom. The molecule has 0 saturated carbocycles. The van der Waals surface area contributed by atoms with E-state index in [9.17, 15) is 0 Å². The first-order valence-corrected chi connectivity index (χ1v) is 10.7. The lowest BCUT2D eigenvalue weighted by Gasteiger charge is -2.11. The largest absolute Gasteiger partial charge is 0.309 e. The first-order valence-electron chi connectivity index (χ1n) is 10.3. The molecule has 2 heterocycles. The number of halogens is 1. The Balaban J connectivity index is 1.70. The van der Waals surface area contributed by atoms with Gasteiger partial charge in [0.1, 0.15) is 0 Å². The van der Waals surface area contributed by atoms with Crippen molar-refractivity contribution in [3.05, 3.63) is 108 Å². The van der Waals surface area contributed by atoms with E-state index in [0.717, 1.165) is 33.2 Å². The van der Waals surface area contributed by atoms with E-state index in [1.54, 1.807) is 0 Å². The number of benzene rings is 4. The number of para-hydroxylation sites is 3. The summed E-state index contributed by atoms with van der Waals surface area (Å²) in [5.74, 6) is 1.11. The number of hydrogen-bond acceptors (Lipinski definition) is 3. The summed E-state index contributed by atoms with van der Waals surface area (Å²) in [6.45, 7) is 0. The maximum atomic E-state index is 6.37. The van der Waals surface area contributed by atoms with Crippen LogP contribution in [0.2, 0.25) is 5.28 Å². The van der Waals surface area contributed by atoms with Crippen LogP contribution in [-0.2, 0) is 0 Å². The normalized spacial score (nSPS) is 11.3. The van der Waals surface area contributed by atoms with Crippen LogP contribution in [0.15, 0.2) is 103 Å². The summed E-state index contributed by atoms with van der Waals surface area (Å²) in [5.41, 5.74) is 5.05. The average Bonchev–Trinajstić information content (AvgIpc) is 3.19. The zero-order valence-electron chi connectivity index (χ0n) is 17.0. The molecule has 4 nitrogen and oxygen atoms in total. The van der Waals surface area contributed by atoms with Crippen LogP contribution in [-0.4, -0.2) is 19.5 Å². The topological polar surface area (TPSA) is 43.6 Å². The fourth-order valence-electron chi connectivity index (χ4n) is 4.23. The third kappa shape index (κ3) is 3.04. The predicted octanol–water partition coefficient (Wildman–Crippen LogP) is 6.96. The lowest BCUT2D eigenvalue weighted by Crippen LogP contribution is -2.00. The molecule has 0 amide bonds. The Morgan fingerprint density at radius 3 is 2.03 bits per heavy atom. The summed E-state index contributed by atoms with van der Waals surface area (Å²) in [5, 5.41) is 2.49. The van der Waals surface area contributed by atoms with Gasteiger partial charge in [0, 0.05) is 27.6 Å². The van der Waals surface area contributed by atoms with Crippen molar-refractivity contribution < 1.29 is 0 Å². The number of hydrogen-bond donors (Lipinski definition) is 0. The monoisotopic (exact) mass is 432 g/mol. The standard InChI is InChI=1S/C27H17ClN4/c28-27-30-25(18-10-3-1-4-11-18)29-26(31-27)22-16-9-15-21-20-14-7-8-17-23(20)32(24(21)22)19-12-5-2-6-13-19/h1-17H. The molecule has 0 aliphatic heterocycles. The first-order chi connectivity index (χ1) is 15.8. The van der Waals surface area contributed by atoms with Gasteiger partial charge in [0.2, 0.25) is 5.28 Å². The van der Waals surface area contributed by atoms with Crippen LogP contribution >= 0.6 is 11.6 Å². The van der Waals surface area contributed by atoms with E-state index in [1.807, 2.05) is 60.7 Å². The van der Waals surface area contributed by atoms with Gasteiger partial charge >= 0.3 is 0 Å². The smallest absolute Gasteiger partial charge is 0.226 e. The molecule has 4 aromatic carbocycles. The second-order valence-electron chi connectivity index (χ2n) is 7.51. The Kier molecular flexibility index (Phi) is 4.44. The summed E-state index contributed by atoms with van der Waals surface area (Å²) >= 11 is 6.37. The minimum Gasteiger partial charge on any atom is -0.309 e. The molecule has 0 spiro atoms. The van der Waals surface area contributed by atoms with Crippen molar-refractivity contribution in [2.45, 2.75) is 0 Å². The van der Waals surface area contributed by atoms with Gasteiger partial charge in [0.15, 0.2) is 11.6 Å². The van der Waals surface area contributed by atoms with Crippen LogP contribution in [0.4, 0.5) is 0 Å². The minimum absolute atomic E-state index is 0.174. The fraction of sp³-hybridized carbons (Fsp3) is 0. The Hall–Kier alpha value is -4.02. The van der Waals surface area contributed by atoms with Gasteiger partial charge in [-0.1, -0.05) is 78.9 Å². The number of nitrogens with zero attached hydrogens (tertiary/aromatic N) is 4. The molecule has 2 aromatic heterocycles. The molecule has 0 radical (unpaired) electrons. The molecule has 0 saturated heterocycles. The van der Waals surface area contributed by atoms with Crippen LogP contribution in [0.1, 0.15) is 0 Å². The maximum absolute atomic E-state index is 6.37. The average molecular weight is 433 g/mol. The van der Waals surface area contributed by atoms with E-state index in [1.165, 1.54) is 5.39 Å². The SMILES string of the molecule is Clc1nc(-c2ccccc2)nc(-c2cccc3c4ccccc4n(-c4ccccc4)c23)n1. The molecule has 152 valence electrons. The van der Waals surface area contributed by atoms with Crippen molar-refractivity contribution >= 4 is 33.4 Å². The molecule has 0 unspecified atom stereocenters. The highest BCUT2D eigenvalue weighted by Crippen LogP contribution is 2.37. The number of rotatable bonds is 3. The second-order valence-corrected chi connectivity index (χ2v) is 7.85. The summed E-state index contributed by atoms with van der Waals surface area (Å²) in [6, 6.07) is 34.8. The van der Waals surface area contributed by atoms with Gasteiger partial charge in [-0.3, -0.25) is 0 Å². The van der Waals surface area contributed by atoms with Crippen molar-refractivity contribution in [1.29, 1.82) is 0 Å². The van der Waals surface area contributed by atoms with Gasteiger partial charge in [0.05, 0.1) is 11.0 Å². The molecule has 0 fully saturated rings. The van der Waals surface area contributed by atoms with Crippen molar-refractivity contribution in [2.24, 2.45) is 0 Å². The molecule has 6 rings (SSSR count). The van der Waals surface area contributed by atoms with E-state index in [0.29, 0.717) is 11.6 Å². The minimum atomic E-state index is 0.174. The van der Waals surface area contributed by atoms with E-state index >= 15 is 0 Å².